The lowest BCUT2D eigenvalue weighted by molar-refractivity contribution is -0.143. The van der Waals surface area contributed by atoms with Gasteiger partial charge in [-0.3, -0.25) is 4.79 Å². The maximum atomic E-state index is 12.5. The maximum absolute atomic E-state index is 12.5. The fraction of sp³-hybridized carbons (Fsp3) is 0.605. The van der Waals surface area contributed by atoms with E-state index in [9.17, 15) is 19.5 Å². The number of alkyl carbamates (subject to hydrolysis) is 1. The predicted molar refractivity (Wildman–Crippen MR) is 187 cm³/mol. The molecule has 1 aliphatic carbocycles. The number of carboxylic acids is 1. The average molecular weight is 654 g/mol. The highest BCUT2D eigenvalue weighted by Gasteiger charge is 2.29. The van der Waals surface area contributed by atoms with Crippen molar-refractivity contribution < 1.29 is 29.0 Å². The van der Waals surface area contributed by atoms with Gasteiger partial charge in [0.05, 0.1) is 0 Å². The highest BCUT2D eigenvalue weighted by atomic mass is 32.2. The van der Waals surface area contributed by atoms with Gasteiger partial charge < -0.3 is 19.9 Å². The Kier molecular flexibility index (Phi) is 18.3. The molecule has 2 aromatic rings. The van der Waals surface area contributed by atoms with E-state index in [1.807, 2.05) is 36.4 Å². The van der Waals surface area contributed by atoms with Crippen LogP contribution >= 0.6 is 11.8 Å². The molecule has 0 fully saturated rings. The first-order chi connectivity index (χ1) is 22.5. The molecule has 7 nitrogen and oxygen atoms in total. The molecule has 2 aromatic carbocycles. The van der Waals surface area contributed by atoms with E-state index in [0.29, 0.717) is 12.2 Å². The number of unbranched alkanes of at least 4 members (excludes halogenated alkanes) is 14. The molecule has 0 heterocycles. The first kappa shape index (κ1) is 37.5. The average Bonchev–Trinajstić information content (AvgIpc) is 3.38. The first-order valence-electron chi connectivity index (χ1n) is 17.6. The molecule has 254 valence electrons. The maximum Gasteiger partial charge on any atom is 0.407 e. The van der Waals surface area contributed by atoms with Crippen LogP contribution < -0.4 is 5.32 Å². The van der Waals surface area contributed by atoms with Crippen molar-refractivity contribution in [3.8, 4) is 11.1 Å². The Balaban J connectivity index is 1.17. The molecule has 0 radical (unpaired) electrons. The molecule has 8 heteroatoms. The Labute approximate surface area is 280 Å². The zero-order valence-electron chi connectivity index (χ0n) is 27.8. The first-order valence-corrected chi connectivity index (χ1v) is 18.7. The summed E-state index contributed by atoms with van der Waals surface area (Å²) in [5, 5.41) is 12.1. The number of carbonyl (C=O) groups excluding carboxylic acids is 2. The molecule has 3 rings (SSSR count). The fourth-order valence-corrected chi connectivity index (χ4v) is 6.91. The molecule has 0 saturated heterocycles. The number of benzene rings is 2. The van der Waals surface area contributed by atoms with Crippen LogP contribution in [0.4, 0.5) is 4.79 Å². The summed E-state index contributed by atoms with van der Waals surface area (Å²) in [4.78, 5) is 36.3. The van der Waals surface area contributed by atoms with Gasteiger partial charge in [0, 0.05) is 23.8 Å². The number of esters is 1. The van der Waals surface area contributed by atoms with E-state index in [2.05, 4.69) is 24.4 Å². The van der Waals surface area contributed by atoms with Gasteiger partial charge in [-0.2, -0.15) is 11.8 Å². The monoisotopic (exact) mass is 653 g/mol. The molecule has 0 spiro atoms. The van der Waals surface area contributed by atoms with E-state index in [1.165, 1.54) is 88.8 Å². The topological polar surface area (TPSA) is 102 Å². The number of hydrogen-bond acceptors (Lipinski definition) is 6. The van der Waals surface area contributed by atoms with Crippen molar-refractivity contribution >= 4 is 29.8 Å². The van der Waals surface area contributed by atoms with Crippen LogP contribution in [0.25, 0.3) is 11.1 Å². The number of carboxylic acid groups (broad SMARTS) is 1. The summed E-state index contributed by atoms with van der Waals surface area (Å²) < 4.78 is 10.8. The van der Waals surface area contributed by atoms with E-state index >= 15 is 0 Å². The molecule has 1 amide bonds. The number of aliphatic carboxylic acids is 1. The van der Waals surface area contributed by atoms with Crippen LogP contribution in [0.1, 0.15) is 127 Å². The van der Waals surface area contributed by atoms with Crippen LogP contribution in [0, 0.1) is 0 Å². The quantitative estimate of drug-likeness (QED) is 0.0813. The number of fused-ring (bicyclic) bond motifs is 3. The van der Waals surface area contributed by atoms with Crippen LogP contribution in [0.5, 0.6) is 0 Å². The molecule has 1 unspecified atom stereocenters. The van der Waals surface area contributed by atoms with Crippen molar-refractivity contribution in [2.75, 3.05) is 24.7 Å². The molecule has 0 aromatic heterocycles. The molecule has 46 heavy (non-hydrogen) atoms. The van der Waals surface area contributed by atoms with Gasteiger partial charge in [0.25, 0.3) is 0 Å². The zero-order chi connectivity index (χ0) is 32.8. The van der Waals surface area contributed by atoms with E-state index in [0.717, 1.165) is 41.5 Å². The van der Waals surface area contributed by atoms with Crippen LogP contribution in [-0.4, -0.2) is 53.9 Å². The van der Waals surface area contributed by atoms with Gasteiger partial charge in [0.15, 0.2) is 0 Å². The van der Waals surface area contributed by atoms with Gasteiger partial charge in [0.2, 0.25) is 0 Å². The summed E-state index contributed by atoms with van der Waals surface area (Å²) in [5.74, 6) is -0.829. The number of amides is 1. The van der Waals surface area contributed by atoms with Gasteiger partial charge in [-0.25, -0.2) is 9.59 Å². The van der Waals surface area contributed by atoms with E-state index in [4.69, 9.17) is 9.47 Å². The summed E-state index contributed by atoms with van der Waals surface area (Å²) >= 11 is 1.32. The second-order valence-electron chi connectivity index (χ2n) is 12.4. The second-order valence-corrected chi connectivity index (χ2v) is 13.5. The summed E-state index contributed by atoms with van der Waals surface area (Å²) in [7, 11) is 0. The number of rotatable bonds is 25. The third kappa shape index (κ3) is 13.8. The second kappa shape index (κ2) is 22.5. The van der Waals surface area contributed by atoms with E-state index in [-0.39, 0.29) is 30.9 Å². The van der Waals surface area contributed by atoms with Gasteiger partial charge >= 0.3 is 18.0 Å². The van der Waals surface area contributed by atoms with Crippen LogP contribution in [0.3, 0.4) is 0 Å². The van der Waals surface area contributed by atoms with Crippen LogP contribution in [0.15, 0.2) is 48.5 Å². The molecule has 0 saturated carbocycles. The molecule has 1 aliphatic rings. The third-order valence-corrected chi connectivity index (χ3v) is 9.72. The lowest BCUT2D eigenvalue weighted by atomic mass is 9.98. The molecule has 1 atom stereocenters. The Morgan fingerprint density at radius 1 is 0.739 bits per heavy atom. The lowest BCUT2D eigenvalue weighted by Gasteiger charge is -2.17. The number of carbonyl (C=O) groups is 3. The standard InChI is InChI=1S/C38H55NO6S/c1-2-3-4-5-6-7-8-9-10-11-12-13-14-15-16-25-36(40)44-26-27-46-29-35(37(41)42)39-38(43)45-28-34-32-23-19-17-21-30(32)31-22-18-20-24-33(31)34/h17-24,34-35H,2-16,25-29H2,1H3,(H,39,43)(H,41,42). The fourth-order valence-electron chi connectivity index (χ4n) is 6.09. The summed E-state index contributed by atoms with van der Waals surface area (Å²) in [6.45, 7) is 2.60. The van der Waals surface area contributed by atoms with Crippen LogP contribution in [0.2, 0.25) is 0 Å². The predicted octanol–water partition coefficient (Wildman–Crippen LogP) is 9.52. The zero-order valence-corrected chi connectivity index (χ0v) is 28.6. The number of hydrogen-bond donors (Lipinski definition) is 2. The Bertz CT molecular complexity index is 1140. The van der Waals surface area contributed by atoms with E-state index < -0.39 is 18.1 Å². The van der Waals surface area contributed by atoms with Crippen molar-refractivity contribution in [1.29, 1.82) is 0 Å². The molecular formula is C38H55NO6S. The largest absolute Gasteiger partial charge is 0.480 e. The molecule has 0 bridgehead atoms. The van der Waals surface area contributed by atoms with Gasteiger partial charge in [-0.05, 0) is 28.7 Å². The minimum Gasteiger partial charge on any atom is -0.480 e. The Morgan fingerprint density at radius 3 is 1.76 bits per heavy atom. The lowest BCUT2D eigenvalue weighted by Crippen LogP contribution is -2.43. The third-order valence-electron chi connectivity index (χ3n) is 8.69. The van der Waals surface area contributed by atoms with Gasteiger partial charge in [0.1, 0.15) is 19.3 Å². The Morgan fingerprint density at radius 2 is 1.24 bits per heavy atom. The number of ether oxygens (including phenoxy) is 2. The van der Waals surface area contributed by atoms with Gasteiger partial charge in [-0.1, -0.05) is 145 Å². The molecular weight excluding hydrogens is 598 g/mol. The summed E-state index contributed by atoms with van der Waals surface area (Å²) in [6.07, 6.45) is 18.9. The SMILES string of the molecule is CCCCCCCCCCCCCCCCCC(=O)OCCSCC(NC(=O)OCC1c2ccccc2-c2ccccc21)C(=O)O. The van der Waals surface area contributed by atoms with Crippen molar-refractivity contribution in [1.82, 2.24) is 5.32 Å². The normalized spacial score (nSPS) is 12.7. The van der Waals surface area contributed by atoms with Gasteiger partial charge in [-0.15, -0.1) is 0 Å². The minimum atomic E-state index is -1.13. The smallest absolute Gasteiger partial charge is 0.407 e. The van der Waals surface area contributed by atoms with Crippen molar-refractivity contribution in [3.05, 3.63) is 59.7 Å². The van der Waals surface area contributed by atoms with Crippen LogP contribution in [-0.2, 0) is 19.1 Å². The number of thioether (sulfide) groups is 1. The van der Waals surface area contributed by atoms with Crippen molar-refractivity contribution in [3.63, 3.8) is 0 Å². The van der Waals surface area contributed by atoms with Crippen molar-refractivity contribution in [2.24, 2.45) is 0 Å². The van der Waals surface area contributed by atoms with Crippen molar-refractivity contribution in [2.45, 2.75) is 122 Å². The minimum absolute atomic E-state index is 0.0974. The highest BCUT2D eigenvalue weighted by molar-refractivity contribution is 7.99. The Hall–Kier alpha value is -3.00. The molecule has 2 N–H and O–H groups in total. The summed E-state index contributed by atoms with van der Waals surface area (Å²) in [5.41, 5.74) is 4.44. The molecule has 0 aliphatic heterocycles. The van der Waals surface area contributed by atoms with E-state index in [1.54, 1.807) is 0 Å². The highest BCUT2D eigenvalue weighted by Crippen LogP contribution is 2.44. The number of nitrogens with one attached hydrogen (secondary N) is 1. The summed E-state index contributed by atoms with van der Waals surface area (Å²) in [6, 6.07) is 15.0.